The molecule has 4 aromatic rings. The number of aromatic nitrogens is 1. The lowest BCUT2D eigenvalue weighted by atomic mass is 9.95. The van der Waals surface area contributed by atoms with Crippen LogP contribution in [0.4, 0.5) is 0 Å². The maximum atomic E-state index is 14.1. The summed E-state index contributed by atoms with van der Waals surface area (Å²) in [6.07, 6.45) is 1.76. The molecular formula is C34H32Cl2N2O7S. The normalized spacial score (nSPS) is 14.4. The van der Waals surface area contributed by atoms with Crippen molar-refractivity contribution < 1.29 is 28.5 Å². The smallest absolute Gasteiger partial charge is 0.338 e. The number of halogens is 2. The van der Waals surface area contributed by atoms with Crippen LogP contribution in [0, 0.1) is 0 Å². The lowest BCUT2D eigenvalue weighted by Crippen LogP contribution is -2.40. The average molecular weight is 684 g/mol. The highest BCUT2D eigenvalue weighted by atomic mass is 35.5. The molecule has 0 N–H and O–H groups in total. The van der Waals surface area contributed by atoms with E-state index in [4.69, 9.17) is 46.9 Å². The number of thiazole rings is 1. The van der Waals surface area contributed by atoms with Gasteiger partial charge in [0, 0.05) is 15.6 Å². The molecule has 1 aromatic heterocycles. The van der Waals surface area contributed by atoms with Crippen molar-refractivity contribution in [1.82, 2.24) is 4.57 Å². The molecule has 2 heterocycles. The van der Waals surface area contributed by atoms with Crippen LogP contribution in [0.15, 0.2) is 75.7 Å². The van der Waals surface area contributed by atoms with Gasteiger partial charge in [0.15, 0.2) is 27.8 Å². The van der Waals surface area contributed by atoms with Crippen molar-refractivity contribution in [3.8, 4) is 23.0 Å². The first kappa shape index (κ1) is 33.1. The van der Waals surface area contributed by atoms with Gasteiger partial charge < -0.3 is 23.7 Å². The maximum absolute atomic E-state index is 14.1. The maximum Gasteiger partial charge on any atom is 0.338 e. The number of nitrogens with zero attached hydrogens (tertiary/aromatic N) is 2. The Bertz CT molecular complexity index is 2000. The van der Waals surface area contributed by atoms with Crippen LogP contribution < -0.4 is 33.8 Å². The van der Waals surface area contributed by atoms with Crippen molar-refractivity contribution >= 4 is 46.6 Å². The number of rotatable bonds is 11. The number of benzene rings is 3. The first-order valence-corrected chi connectivity index (χ1v) is 16.0. The van der Waals surface area contributed by atoms with Crippen molar-refractivity contribution in [2.24, 2.45) is 4.99 Å². The Kier molecular flexibility index (Phi) is 10.4. The van der Waals surface area contributed by atoms with Crippen molar-refractivity contribution in [2.75, 3.05) is 27.4 Å². The molecule has 46 heavy (non-hydrogen) atoms. The SMILES string of the molecule is CCOC(=O)C1=C(C)N=c2s/c(=C/c3ccc(OC)c(OC)c3)c(=O)n2[C@H]1c1ccc(OCc2ccc(Cl)cc2Cl)c(OCC)c1. The van der Waals surface area contributed by atoms with Crippen molar-refractivity contribution in [1.29, 1.82) is 0 Å². The average Bonchev–Trinajstić information content (AvgIpc) is 3.34. The summed E-state index contributed by atoms with van der Waals surface area (Å²) in [6, 6.07) is 15.1. The van der Waals surface area contributed by atoms with Crippen LogP contribution in [0.25, 0.3) is 6.08 Å². The standard InChI is InChI=1S/C34H32Cl2N2O7S/c1-6-43-28-16-21(10-13-26(28)45-18-22-9-11-23(35)17-24(22)36)31-30(33(40)44-7-2)19(3)37-34-38(31)32(39)29(46-34)15-20-8-12-25(41-4)27(14-20)42-5/h8-17,31H,6-7,18H2,1-5H3/b29-15+/t31-/m0/s1. The third kappa shape index (κ3) is 6.79. The molecule has 1 aliphatic heterocycles. The molecule has 5 rings (SSSR count). The Hall–Kier alpha value is -4.25. The van der Waals surface area contributed by atoms with Crippen molar-refractivity contribution in [3.05, 3.63) is 112 Å². The number of esters is 1. The minimum atomic E-state index is -0.832. The zero-order chi connectivity index (χ0) is 33.0. The Morgan fingerprint density at radius 3 is 2.39 bits per heavy atom. The minimum Gasteiger partial charge on any atom is -0.493 e. The van der Waals surface area contributed by atoms with E-state index in [1.165, 1.54) is 15.9 Å². The summed E-state index contributed by atoms with van der Waals surface area (Å²) in [6.45, 7) is 6.02. The third-order valence-electron chi connectivity index (χ3n) is 7.20. The van der Waals surface area contributed by atoms with Gasteiger partial charge in [-0.15, -0.1) is 0 Å². The molecule has 0 bridgehead atoms. The van der Waals surface area contributed by atoms with E-state index in [1.54, 1.807) is 82.7 Å². The van der Waals surface area contributed by atoms with Gasteiger partial charge >= 0.3 is 5.97 Å². The number of fused-ring (bicyclic) bond motifs is 1. The predicted octanol–water partition coefficient (Wildman–Crippen LogP) is 6.10. The molecule has 9 nitrogen and oxygen atoms in total. The molecule has 0 spiro atoms. The fourth-order valence-electron chi connectivity index (χ4n) is 5.08. The number of hydrogen-bond donors (Lipinski definition) is 0. The number of methoxy groups -OCH3 is 2. The predicted molar refractivity (Wildman–Crippen MR) is 178 cm³/mol. The molecule has 0 saturated heterocycles. The van der Waals surface area contributed by atoms with Gasteiger partial charge in [-0.1, -0.05) is 52.7 Å². The van der Waals surface area contributed by atoms with Gasteiger partial charge in [0.1, 0.15) is 6.61 Å². The zero-order valence-corrected chi connectivity index (χ0v) is 28.2. The van der Waals surface area contributed by atoms with Crippen LogP contribution in [0.1, 0.15) is 43.5 Å². The monoisotopic (exact) mass is 682 g/mol. The summed E-state index contributed by atoms with van der Waals surface area (Å²) < 4.78 is 30.3. The highest BCUT2D eigenvalue weighted by Gasteiger charge is 2.34. The molecular weight excluding hydrogens is 651 g/mol. The summed E-state index contributed by atoms with van der Waals surface area (Å²) in [5.74, 6) is 1.46. The van der Waals surface area contributed by atoms with Crippen LogP contribution in [-0.2, 0) is 16.1 Å². The largest absolute Gasteiger partial charge is 0.493 e. The number of allylic oxidation sites excluding steroid dienone is 1. The Balaban J connectivity index is 1.61. The summed E-state index contributed by atoms with van der Waals surface area (Å²) >= 11 is 13.6. The van der Waals surface area contributed by atoms with E-state index in [-0.39, 0.29) is 24.3 Å². The number of hydrogen-bond acceptors (Lipinski definition) is 9. The van der Waals surface area contributed by atoms with Gasteiger partial charge in [0.2, 0.25) is 0 Å². The Morgan fingerprint density at radius 1 is 0.935 bits per heavy atom. The minimum absolute atomic E-state index is 0.163. The summed E-state index contributed by atoms with van der Waals surface area (Å²) in [5.41, 5.74) is 2.52. The number of carbonyl (C=O) groups excluding carboxylic acids is 1. The van der Waals surface area contributed by atoms with E-state index in [1.807, 2.05) is 13.0 Å². The van der Waals surface area contributed by atoms with Gasteiger partial charge in [-0.05, 0) is 74.4 Å². The second-order valence-electron chi connectivity index (χ2n) is 10.1. The summed E-state index contributed by atoms with van der Waals surface area (Å²) in [5, 5.41) is 1.01. The number of carbonyl (C=O) groups is 1. The molecule has 0 radical (unpaired) electrons. The quantitative estimate of drug-likeness (QED) is 0.176. The lowest BCUT2D eigenvalue weighted by molar-refractivity contribution is -0.139. The molecule has 0 saturated carbocycles. The van der Waals surface area contributed by atoms with Gasteiger partial charge in [-0.25, -0.2) is 9.79 Å². The summed E-state index contributed by atoms with van der Waals surface area (Å²) in [4.78, 5) is 32.6. The molecule has 0 aliphatic carbocycles. The summed E-state index contributed by atoms with van der Waals surface area (Å²) in [7, 11) is 3.11. The molecule has 12 heteroatoms. The highest BCUT2D eigenvalue weighted by molar-refractivity contribution is 7.07. The first-order valence-electron chi connectivity index (χ1n) is 14.4. The Morgan fingerprint density at radius 2 is 1.70 bits per heavy atom. The van der Waals surface area contributed by atoms with Crippen LogP contribution in [0.2, 0.25) is 10.0 Å². The molecule has 0 amide bonds. The van der Waals surface area contributed by atoms with Gasteiger partial charge in [-0.2, -0.15) is 0 Å². The molecule has 0 unspecified atom stereocenters. The fraction of sp³-hybridized carbons (Fsp3) is 0.265. The third-order valence-corrected chi connectivity index (χ3v) is 8.77. The second kappa shape index (κ2) is 14.5. The topological polar surface area (TPSA) is 97.6 Å². The van der Waals surface area contributed by atoms with Crippen molar-refractivity contribution in [2.45, 2.75) is 33.4 Å². The van der Waals surface area contributed by atoms with Crippen LogP contribution in [0.3, 0.4) is 0 Å². The van der Waals surface area contributed by atoms with Crippen LogP contribution in [-0.4, -0.2) is 38.0 Å². The van der Waals surface area contributed by atoms with Crippen LogP contribution >= 0.6 is 34.5 Å². The highest BCUT2D eigenvalue weighted by Crippen LogP contribution is 2.37. The second-order valence-corrected chi connectivity index (χ2v) is 11.9. The van der Waals surface area contributed by atoms with Gasteiger partial charge in [-0.3, -0.25) is 9.36 Å². The molecule has 3 aromatic carbocycles. The number of ether oxygens (including phenoxy) is 5. The van der Waals surface area contributed by atoms with E-state index in [9.17, 15) is 9.59 Å². The molecule has 240 valence electrons. The van der Waals surface area contributed by atoms with Gasteiger partial charge in [0.25, 0.3) is 5.56 Å². The van der Waals surface area contributed by atoms with E-state index >= 15 is 0 Å². The molecule has 0 fully saturated rings. The fourth-order valence-corrected chi connectivity index (χ4v) is 6.59. The van der Waals surface area contributed by atoms with E-state index < -0.39 is 12.0 Å². The molecule has 1 aliphatic rings. The van der Waals surface area contributed by atoms with Gasteiger partial charge in [0.05, 0.1) is 49.3 Å². The zero-order valence-electron chi connectivity index (χ0n) is 25.9. The van der Waals surface area contributed by atoms with E-state index in [0.717, 1.165) is 11.1 Å². The molecule has 1 atom stereocenters. The first-order chi connectivity index (χ1) is 22.2. The Labute approximate surface area is 279 Å². The lowest BCUT2D eigenvalue weighted by Gasteiger charge is -2.25. The van der Waals surface area contributed by atoms with E-state index in [0.29, 0.717) is 60.2 Å². The van der Waals surface area contributed by atoms with Crippen molar-refractivity contribution in [3.63, 3.8) is 0 Å². The van der Waals surface area contributed by atoms with Crippen LogP contribution in [0.5, 0.6) is 23.0 Å². The van der Waals surface area contributed by atoms with E-state index in [2.05, 4.69) is 4.99 Å².